The van der Waals surface area contributed by atoms with Crippen LogP contribution >= 0.6 is 23.2 Å². The van der Waals surface area contributed by atoms with E-state index in [9.17, 15) is 13.2 Å². The largest absolute Gasteiger partial charge is 0.416 e. The topological polar surface area (TPSA) is 30.7 Å². The maximum Gasteiger partial charge on any atom is 0.416 e. The molecular formula is C14H8Cl2F3N3. The van der Waals surface area contributed by atoms with Crippen LogP contribution in [0.25, 0.3) is 11.0 Å². The van der Waals surface area contributed by atoms with E-state index in [2.05, 4.69) is 9.97 Å². The first-order valence-corrected chi connectivity index (χ1v) is 6.94. The number of nitrogens with zero attached hydrogens (tertiary/aromatic N) is 3. The summed E-state index contributed by atoms with van der Waals surface area (Å²) in [4.78, 5) is 7.92. The molecule has 0 saturated heterocycles. The van der Waals surface area contributed by atoms with E-state index in [-0.39, 0.29) is 10.4 Å². The standard InChI is InChI=1S/C14H8Cl2F3N3/c15-12-11-10(20-13(16)21-12)5-6-22(11)7-8-1-3-9(4-2-8)14(17,18)19/h1-6H,7H2. The molecule has 0 bridgehead atoms. The van der Waals surface area contributed by atoms with E-state index in [1.54, 1.807) is 16.8 Å². The van der Waals surface area contributed by atoms with Crippen molar-refractivity contribution in [3.63, 3.8) is 0 Å². The summed E-state index contributed by atoms with van der Waals surface area (Å²) in [5.74, 6) is 0. The molecule has 0 spiro atoms. The van der Waals surface area contributed by atoms with Crippen LogP contribution in [0.5, 0.6) is 0 Å². The fourth-order valence-electron chi connectivity index (χ4n) is 2.16. The van der Waals surface area contributed by atoms with Gasteiger partial charge in [0, 0.05) is 12.7 Å². The number of benzene rings is 1. The SMILES string of the molecule is FC(F)(F)c1ccc(Cn2ccc3nc(Cl)nc(Cl)c32)cc1. The van der Waals surface area contributed by atoms with Gasteiger partial charge >= 0.3 is 6.18 Å². The number of halogens is 5. The maximum absolute atomic E-state index is 12.5. The molecule has 0 unspecified atom stereocenters. The number of alkyl halides is 3. The zero-order valence-corrected chi connectivity index (χ0v) is 12.4. The Morgan fingerprint density at radius 3 is 2.32 bits per heavy atom. The number of hydrogen-bond donors (Lipinski definition) is 0. The van der Waals surface area contributed by atoms with Gasteiger partial charge < -0.3 is 4.57 Å². The highest BCUT2D eigenvalue weighted by molar-refractivity contribution is 6.35. The van der Waals surface area contributed by atoms with Gasteiger partial charge in [-0.2, -0.15) is 13.2 Å². The molecule has 0 aliphatic rings. The molecule has 22 heavy (non-hydrogen) atoms. The average Bonchev–Trinajstić information content (AvgIpc) is 2.81. The number of aromatic nitrogens is 3. The molecule has 0 saturated carbocycles. The molecule has 0 N–H and O–H groups in total. The summed E-state index contributed by atoms with van der Waals surface area (Å²) in [5.41, 5.74) is 1.20. The summed E-state index contributed by atoms with van der Waals surface area (Å²) >= 11 is 11.8. The van der Waals surface area contributed by atoms with Gasteiger partial charge in [0.25, 0.3) is 0 Å². The second kappa shape index (κ2) is 5.44. The molecule has 2 heterocycles. The second-order valence-corrected chi connectivity index (χ2v) is 5.35. The van der Waals surface area contributed by atoms with Crippen LogP contribution in [0.4, 0.5) is 13.2 Å². The van der Waals surface area contributed by atoms with Gasteiger partial charge in [0.2, 0.25) is 5.28 Å². The Bertz CT molecular complexity index is 826. The number of fused-ring (bicyclic) bond motifs is 1. The average molecular weight is 346 g/mol. The van der Waals surface area contributed by atoms with Gasteiger partial charge in [-0.05, 0) is 35.4 Å². The van der Waals surface area contributed by atoms with Crippen molar-refractivity contribution >= 4 is 34.2 Å². The van der Waals surface area contributed by atoms with Crippen LogP contribution in [0.1, 0.15) is 11.1 Å². The predicted octanol–water partition coefficient (Wildman–Crippen LogP) is 4.81. The Morgan fingerprint density at radius 2 is 1.68 bits per heavy atom. The third-order valence-electron chi connectivity index (χ3n) is 3.17. The van der Waals surface area contributed by atoms with Crippen LogP contribution in [0.15, 0.2) is 36.5 Å². The number of hydrogen-bond acceptors (Lipinski definition) is 2. The van der Waals surface area contributed by atoms with E-state index in [1.807, 2.05) is 0 Å². The molecule has 0 atom stereocenters. The van der Waals surface area contributed by atoms with Gasteiger partial charge in [0.05, 0.1) is 11.1 Å². The Labute approximate surface area is 133 Å². The molecule has 2 aromatic heterocycles. The molecule has 8 heteroatoms. The minimum Gasteiger partial charge on any atom is -0.339 e. The van der Waals surface area contributed by atoms with E-state index < -0.39 is 11.7 Å². The molecule has 0 aliphatic carbocycles. The van der Waals surface area contributed by atoms with Crippen molar-refractivity contribution < 1.29 is 13.2 Å². The van der Waals surface area contributed by atoms with Crippen LogP contribution < -0.4 is 0 Å². The third-order valence-corrected chi connectivity index (χ3v) is 3.61. The summed E-state index contributed by atoms with van der Waals surface area (Å²) < 4.78 is 39.4. The molecule has 1 aromatic carbocycles. The molecule has 0 aliphatic heterocycles. The highest BCUT2D eigenvalue weighted by atomic mass is 35.5. The fraction of sp³-hybridized carbons (Fsp3) is 0.143. The zero-order chi connectivity index (χ0) is 15.9. The minimum absolute atomic E-state index is 0.0461. The van der Waals surface area contributed by atoms with E-state index in [1.165, 1.54) is 12.1 Å². The molecule has 0 radical (unpaired) electrons. The van der Waals surface area contributed by atoms with Gasteiger partial charge in [-0.25, -0.2) is 9.97 Å². The van der Waals surface area contributed by atoms with E-state index in [0.29, 0.717) is 23.1 Å². The van der Waals surface area contributed by atoms with Crippen molar-refractivity contribution in [1.29, 1.82) is 0 Å². The predicted molar refractivity (Wildman–Crippen MR) is 78.1 cm³/mol. The molecule has 3 aromatic rings. The molecule has 0 amide bonds. The smallest absolute Gasteiger partial charge is 0.339 e. The van der Waals surface area contributed by atoms with Gasteiger partial charge in [-0.3, -0.25) is 0 Å². The molecule has 114 valence electrons. The lowest BCUT2D eigenvalue weighted by atomic mass is 10.1. The van der Waals surface area contributed by atoms with Crippen molar-refractivity contribution in [2.45, 2.75) is 12.7 Å². The normalized spacial score (nSPS) is 12.0. The lowest BCUT2D eigenvalue weighted by Crippen LogP contribution is -2.05. The van der Waals surface area contributed by atoms with Gasteiger partial charge in [0.1, 0.15) is 5.52 Å². The first-order chi connectivity index (χ1) is 10.3. The Morgan fingerprint density at radius 1 is 1.00 bits per heavy atom. The van der Waals surface area contributed by atoms with Crippen molar-refractivity contribution in [1.82, 2.24) is 14.5 Å². The lowest BCUT2D eigenvalue weighted by Gasteiger charge is -2.09. The highest BCUT2D eigenvalue weighted by Gasteiger charge is 2.29. The van der Waals surface area contributed by atoms with Gasteiger partial charge in [-0.1, -0.05) is 23.7 Å². The monoisotopic (exact) mass is 345 g/mol. The summed E-state index contributed by atoms with van der Waals surface area (Å²) in [6.07, 6.45) is -2.61. The minimum atomic E-state index is -4.34. The third kappa shape index (κ3) is 2.89. The Hall–Kier alpha value is -1.79. The van der Waals surface area contributed by atoms with E-state index >= 15 is 0 Å². The van der Waals surface area contributed by atoms with Crippen LogP contribution in [-0.2, 0) is 12.7 Å². The summed E-state index contributed by atoms with van der Waals surface area (Å²) in [5, 5.41) is 0.247. The molecule has 3 rings (SSSR count). The van der Waals surface area contributed by atoms with Gasteiger partial charge in [-0.15, -0.1) is 0 Å². The van der Waals surface area contributed by atoms with Gasteiger partial charge in [0.15, 0.2) is 5.15 Å². The molecule has 3 nitrogen and oxygen atoms in total. The number of rotatable bonds is 2. The maximum atomic E-state index is 12.5. The lowest BCUT2D eigenvalue weighted by molar-refractivity contribution is -0.137. The first kappa shape index (κ1) is 15.1. The zero-order valence-electron chi connectivity index (χ0n) is 10.9. The van der Waals surface area contributed by atoms with Crippen LogP contribution in [0.2, 0.25) is 10.4 Å². The Balaban J connectivity index is 1.94. The quantitative estimate of drug-likeness (QED) is 0.493. The highest BCUT2D eigenvalue weighted by Crippen LogP contribution is 2.29. The van der Waals surface area contributed by atoms with Crippen molar-refractivity contribution in [2.24, 2.45) is 0 Å². The second-order valence-electron chi connectivity index (χ2n) is 4.66. The van der Waals surface area contributed by atoms with Crippen LogP contribution in [0.3, 0.4) is 0 Å². The van der Waals surface area contributed by atoms with E-state index in [0.717, 1.165) is 12.1 Å². The van der Waals surface area contributed by atoms with Crippen LogP contribution in [0, 0.1) is 0 Å². The summed E-state index contributed by atoms with van der Waals surface area (Å²) in [7, 11) is 0. The van der Waals surface area contributed by atoms with E-state index in [4.69, 9.17) is 23.2 Å². The van der Waals surface area contributed by atoms with Crippen molar-refractivity contribution in [3.8, 4) is 0 Å². The first-order valence-electron chi connectivity index (χ1n) is 6.18. The summed E-state index contributed by atoms with van der Waals surface area (Å²) in [6.45, 7) is 0.354. The Kier molecular flexibility index (Phi) is 3.74. The molecular weight excluding hydrogens is 338 g/mol. The summed E-state index contributed by atoms with van der Waals surface area (Å²) in [6, 6.07) is 6.68. The van der Waals surface area contributed by atoms with Crippen molar-refractivity contribution in [3.05, 3.63) is 58.1 Å². The fourth-order valence-corrected chi connectivity index (χ4v) is 2.67. The van der Waals surface area contributed by atoms with Crippen molar-refractivity contribution in [2.75, 3.05) is 0 Å². The molecule has 0 fully saturated rings. The van der Waals surface area contributed by atoms with Crippen LogP contribution in [-0.4, -0.2) is 14.5 Å².